The molecular formula is C23H39N7O10. The molecule has 17 nitrogen and oxygen atoms in total. The van der Waals surface area contributed by atoms with E-state index in [1.54, 1.807) is 20.8 Å². The van der Waals surface area contributed by atoms with Crippen molar-refractivity contribution in [1.29, 1.82) is 0 Å². The van der Waals surface area contributed by atoms with E-state index in [1.807, 2.05) is 0 Å². The van der Waals surface area contributed by atoms with Gasteiger partial charge in [0, 0.05) is 13.1 Å². The van der Waals surface area contributed by atoms with Crippen molar-refractivity contribution in [3.8, 4) is 0 Å². The van der Waals surface area contributed by atoms with Crippen molar-refractivity contribution < 1.29 is 48.5 Å². The summed E-state index contributed by atoms with van der Waals surface area (Å²) in [6.07, 6.45) is -1.11. The predicted molar refractivity (Wildman–Crippen MR) is 138 cm³/mol. The summed E-state index contributed by atoms with van der Waals surface area (Å²) in [5, 5.41) is 23.0. The second kappa shape index (κ2) is 15.6. The van der Waals surface area contributed by atoms with Gasteiger partial charge in [0.1, 0.15) is 29.8 Å². The smallest absolute Gasteiger partial charge is 0.408 e. The van der Waals surface area contributed by atoms with Gasteiger partial charge in [0.05, 0.1) is 13.0 Å². The van der Waals surface area contributed by atoms with E-state index in [1.165, 1.54) is 0 Å². The van der Waals surface area contributed by atoms with E-state index < -0.39 is 78.6 Å². The number of hydrogen-bond donors (Lipinski definition) is 7. The monoisotopic (exact) mass is 573 g/mol. The second-order valence-corrected chi connectivity index (χ2v) is 10.0. The fourth-order valence-electron chi connectivity index (χ4n) is 3.67. The summed E-state index contributed by atoms with van der Waals surface area (Å²) in [6.45, 7) is 4.16. The molecule has 10 N–H and O–H groups in total. The number of amides is 3. The van der Waals surface area contributed by atoms with Crippen molar-refractivity contribution in [2.24, 2.45) is 22.2 Å². The van der Waals surface area contributed by atoms with E-state index >= 15 is 0 Å². The second-order valence-electron chi connectivity index (χ2n) is 10.0. The lowest BCUT2D eigenvalue weighted by atomic mass is 10.1. The molecule has 1 aliphatic rings. The maximum Gasteiger partial charge on any atom is 0.408 e. The lowest BCUT2D eigenvalue weighted by Gasteiger charge is -2.29. The highest BCUT2D eigenvalue weighted by atomic mass is 16.6. The lowest BCUT2D eigenvalue weighted by molar-refractivity contribution is -0.163. The number of aliphatic hydroxyl groups excluding tert-OH is 1. The molecule has 17 heteroatoms. The van der Waals surface area contributed by atoms with E-state index in [-0.39, 0.29) is 38.3 Å². The SMILES string of the molecule is CC(C)(C)OC(=O)N[C@@H](CC(=O)O)C(=O)N1CCC[C@H]1C(=O)N[C@@H](CCCN=C(N)N)C(=O)OC(=O)[C@@H](N)CO. The fourth-order valence-corrected chi connectivity index (χ4v) is 3.67. The molecule has 1 rings (SSSR count). The Hall–Kier alpha value is -3.99. The Morgan fingerprint density at radius 3 is 2.27 bits per heavy atom. The number of ether oxygens (including phenoxy) is 2. The van der Waals surface area contributed by atoms with Gasteiger partial charge in [-0.15, -0.1) is 0 Å². The minimum atomic E-state index is -1.53. The summed E-state index contributed by atoms with van der Waals surface area (Å²) in [7, 11) is 0. The maximum absolute atomic E-state index is 13.2. The highest BCUT2D eigenvalue weighted by molar-refractivity contribution is 5.96. The number of carboxylic acids is 1. The number of guanidine groups is 1. The van der Waals surface area contributed by atoms with Crippen LogP contribution in [0.4, 0.5) is 4.79 Å². The molecule has 0 aromatic carbocycles. The quantitative estimate of drug-likeness (QED) is 0.0388. The molecule has 0 aromatic heterocycles. The summed E-state index contributed by atoms with van der Waals surface area (Å²) < 4.78 is 9.79. The van der Waals surface area contributed by atoms with Gasteiger partial charge in [-0.25, -0.2) is 14.4 Å². The first-order valence-electron chi connectivity index (χ1n) is 12.5. The molecule has 0 aliphatic carbocycles. The number of esters is 2. The zero-order valence-corrected chi connectivity index (χ0v) is 22.8. The molecule has 1 fully saturated rings. The van der Waals surface area contributed by atoms with Crippen LogP contribution in [0.25, 0.3) is 0 Å². The van der Waals surface area contributed by atoms with Gasteiger partial charge in [-0.1, -0.05) is 0 Å². The van der Waals surface area contributed by atoms with Crippen molar-refractivity contribution in [2.75, 3.05) is 19.7 Å². The Labute approximate surface area is 230 Å². The van der Waals surface area contributed by atoms with Crippen LogP contribution < -0.4 is 27.8 Å². The lowest BCUT2D eigenvalue weighted by Crippen LogP contribution is -2.56. The summed E-state index contributed by atoms with van der Waals surface area (Å²) in [5.41, 5.74) is 15.0. The third-order valence-electron chi connectivity index (χ3n) is 5.45. The molecule has 226 valence electrons. The largest absolute Gasteiger partial charge is 0.481 e. The Morgan fingerprint density at radius 2 is 1.73 bits per heavy atom. The molecule has 0 aromatic rings. The minimum absolute atomic E-state index is 0.0640. The number of hydrogen-bond acceptors (Lipinski definition) is 11. The van der Waals surface area contributed by atoms with Crippen molar-refractivity contribution in [3.63, 3.8) is 0 Å². The molecule has 0 saturated carbocycles. The molecule has 3 amide bonds. The van der Waals surface area contributed by atoms with Gasteiger partial charge < -0.3 is 52.4 Å². The number of rotatable bonds is 13. The zero-order valence-electron chi connectivity index (χ0n) is 22.8. The van der Waals surface area contributed by atoms with E-state index in [4.69, 9.17) is 27.0 Å². The van der Waals surface area contributed by atoms with Gasteiger partial charge >= 0.3 is 24.0 Å². The molecule has 1 heterocycles. The third-order valence-corrected chi connectivity index (χ3v) is 5.45. The number of nitrogens with two attached hydrogens (primary N) is 3. The number of aliphatic hydroxyl groups is 1. The Balaban J connectivity index is 3.06. The Bertz CT molecular complexity index is 978. The van der Waals surface area contributed by atoms with E-state index in [0.717, 1.165) is 4.90 Å². The zero-order chi connectivity index (χ0) is 30.6. The molecule has 1 aliphatic heterocycles. The van der Waals surface area contributed by atoms with E-state index in [2.05, 4.69) is 20.4 Å². The number of alkyl carbamates (subject to hydrolysis) is 1. The van der Waals surface area contributed by atoms with Crippen LogP contribution in [0, 0.1) is 0 Å². The molecule has 4 atom stereocenters. The first-order chi connectivity index (χ1) is 18.5. The number of carbonyl (C=O) groups excluding carboxylic acids is 5. The maximum atomic E-state index is 13.2. The van der Waals surface area contributed by atoms with Crippen LogP contribution in [0.2, 0.25) is 0 Å². The molecule has 0 spiro atoms. The number of carbonyl (C=O) groups is 6. The summed E-state index contributed by atoms with van der Waals surface area (Å²) in [5.74, 6) is -5.54. The minimum Gasteiger partial charge on any atom is -0.481 e. The number of aliphatic carboxylic acids is 1. The van der Waals surface area contributed by atoms with E-state index in [9.17, 15) is 33.9 Å². The molecule has 0 unspecified atom stereocenters. The van der Waals surface area contributed by atoms with Crippen LogP contribution in [0.1, 0.15) is 52.9 Å². The molecule has 1 saturated heterocycles. The van der Waals surface area contributed by atoms with Crippen LogP contribution in [0.5, 0.6) is 0 Å². The average molecular weight is 574 g/mol. The molecule has 0 bridgehead atoms. The number of carboxylic acid groups (broad SMARTS) is 1. The number of nitrogens with zero attached hydrogens (tertiary/aromatic N) is 2. The van der Waals surface area contributed by atoms with Gasteiger partial charge in [-0.2, -0.15) is 0 Å². The predicted octanol–water partition coefficient (Wildman–Crippen LogP) is -2.73. The van der Waals surface area contributed by atoms with Crippen LogP contribution in [-0.2, 0) is 33.4 Å². The van der Waals surface area contributed by atoms with Crippen molar-refractivity contribution >= 4 is 41.8 Å². The summed E-state index contributed by atoms with van der Waals surface area (Å²) in [6, 6.07) is -5.50. The summed E-state index contributed by atoms with van der Waals surface area (Å²) >= 11 is 0. The number of aliphatic imine (C=N–C) groups is 1. The van der Waals surface area contributed by atoms with Crippen molar-refractivity contribution in [3.05, 3.63) is 0 Å². The van der Waals surface area contributed by atoms with Gasteiger partial charge in [0.25, 0.3) is 0 Å². The van der Waals surface area contributed by atoms with Gasteiger partial charge in [-0.05, 0) is 46.5 Å². The number of likely N-dealkylation sites (tertiary alicyclic amines) is 1. The molecule has 40 heavy (non-hydrogen) atoms. The number of nitrogens with one attached hydrogen (secondary N) is 2. The first kappa shape index (κ1) is 34.0. The van der Waals surface area contributed by atoms with E-state index in [0.29, 0.717) is 6.42 Å². The normalized spacial score (nSPS) is 17.1. The van der Waals surface area contributed by atoms with Crippen LogP contribution >= 0.6 is 0 Å². The first-order valence-corrected chi connectivity index (χ1v) is 12.5. The van der Waals surface area contributed by atoms with Crippen LogP contribution in [0.15, 0.2) is 4.99 Å². The highest BCUT2D eigenvalue weighted by Crippen LogP contribution is 2.20. The Kier molecular flexibility index (Phi) is 13.2. The highest BCUT2D eigenvalue weighted by Gasteiger charge is 2.40. The third kappa shape index (κ3) is 11.8. The molecule has 0 radical (unpaired) electrons. The average Bonchev–Trinajstić information content (AvgIpc) is 3.32. The summed E-state index contributed by atoms with van der Waals surface area (Å²) in [4.78, 5) is 79.5. The molecular weight excluding hydrogens is 534 g/mol. The van der Waals surface area contributed by atoms with Gasteiger partial charge in [0.15, 0.2) is 5.96 Å². The van der Waals surface area contributed by atoms with Crippen LogP contribution in [-0.4, -0.2) is 106 Å². The van der Waals surface area contributed by atoms with Crippen LogP contribution in [0.3, 0.4) is 0 Å². The van der Waals surface area contributed by atoms with Gasteiger partial charge in [0.2, 0.25) is 11.8 Å². The topological polar surface area (TPSA) is 279 Å². The Morgan fingerprint density at radius 1 is 1.07 bits per heavy atom. The fraction of sp³-hybridized carbons (Fsp3) is 0.696. The van der Waals surface area contributed by atoms with Gasteiger partial charge in [-0.3, -0.25) is 19.4 Å². The van der Waals surface area contributed by atoms with Crippen molar-refractivity contribution in [1.82, 2.24) is 15.5 Å². The van der Waals surface area contributed by atoms with Crippen molar-refractivity contribution in [2.45, 2.75) is 82.6 Å². The standard InChI is InChI=1S/C23H39N7O10/c1-23(2,3)40-22(38)29-14(10-16(32)33)18(35)30-9-5-7-15(30)17(34)28-13(6-4-8-27-21(25)26)20(37)39-19(36)12(24)11-31/h12-15,31H,4-11,24H2,1-3H3,(H,28,34)(H,29,38)(H,32,33)(H4,25,26,27)/t12-,13-,14-,15-/m0/s1.